The first-order valence-corrected chi connectivity index (χ1v) is 4.93. The molecule has 0 unspecified atom stereocenters. The molecule has 0 spiro atoms. The lowest BCUT2D eigenvalue weighted by atomic mass is 10.1. The van der Waals surface area contributed by atoms with E-state index in [4.69, 9.17) is 0 Å². The quantitative estimate of drug-likeness (QED) is 0.772. The Labute approximate surface area is 83.5 Å². The van der Waals surface area contributed by atoms with Gasteiger partial charge in [0.1, 0.15) is 0 Å². The summed E-state index contributed by atoms with van der Waals surface area (Å²) in [6, 6.07) is 2.03. The van der Waals surface area contributed by atoms with Gasteiger partial charge in [-0.2, -0.15) is 0 Å². The van der Waals surface area contributed by atoms with E-state index in [1.54, 1.807) is 6.20 Å². The molecule has 0 radical (unpaired) electrons. The van der Waals surface area contributed by atoms with Crippen LogP contribution < -0.4 is 5.32 Å². The monoisotopic (exact) mass is 190 g/mol. The summed E-state index contributed by atoms with van der Waals surface area (Å²) in [5.74, 6) is 0.675. The van der Waals surface area contributed by atoms with Crippen molar-refractivity contribution in [2.45, 2.75) is 26.7 Å². The second-order valence-corrected chi connectivity index (χ2v) is 4.16. The first-order chi connectivity index (χ1) is 6.65. The van der Waals surface area contributed by atoms with Crippen LogP contribution in [0.3, 0.4) is 0 Å². The molecule has 2 rings (SSSR count). The number of fused-ring (bicyclic) bond motifs is 1. The summed E-state index contributed by atoms with van der Waals surface area (Å²) < 4.78 is 0. The Bertz CT molecular complexity index is 372. The lowest BCUT2D eigenvalue weighted by Crippen LogP contribution is -2.03. The molecule has 2 heterocycles. The molecule has 0 atom stereocenters. The third kappa shape index (κ3) is 1.76. The smallest absolute Gasteiger partial charge is 0.228 e. The lowest BCUT2D eigenvalue weighted by Gasteiger charge is -2.05. The summed E-state index contributed by atoms with van der Waals surface area (Å²) in [6.45, 7) is 4.33. The van der Waals surface area contributed by atoms with Crippen molar-refractivity contribution < 1.29 is 4.79 Å². The number of hydrogen-bond acceptors (Lipinski definition) is 2. The zero-order valence-corrected chi connectivity index (χ0v) is 8.50. The summed E-state index contributed by atoms with van der Waals surface area (Å²) in [6.07, 6.45) is 3.24. The van der Waals surface area contributed by atoms with Gasteiger partial charge in [-0.1, -0.05) is 13.8 Å². The lowest BCUT2D eigenvalue weighted by molar-refractivity contribution is -0.115. The van der Waals surface area contributed by atoms with Gasteiger partial charge in [-0.15, -0.1) is 0 Å². The van der Waals surface area contributed by atoms with Crippen LogP contribution in [0.5, 0.6) is 0 Å². The van der Waals surface area contributed by atoms with E-state index < -0.39 is 0 Å². The van der Waals surface area contributed by atoms with Crippen LogP contribution >= 0.6 is 0 Å². The van der Waals surface area contributed by atoms with Crippen LogP contribution in [0.15, 0.2) is 12.3 Å². The number of aromatic nitrogens is 1. The number of nitrogens with zero attached hydrogens (tertiary/aromatic N) is 1. The SMILES string of the molecule is CC(C)Cc1cc2c(cn1)NC(=O)C2. The van der Waals surface area contributed by atoms with Crippen molar-refractivity contribution in [1.82, 2.24) is 4.98 Å². The van der Waals surface area contributed by atoms with Crippen molar-refractivity contribution in [2.75, 3.05) is 5.32 Å². The molecule has 1 amide bonds. The maximum atomic E-state index is 11.1. The van der Waals surface area contributed by atoms with E-state index in [-0.39, 0.29) is 5.91 Å². The van der Waals surface area contributed by atoms with Crippen molar-refractivity contribution in [2.24, 2.45) is 5.92 Å². The highest BCUT2D eigenvalue weighted by Gasteiger charge is 2.18. The number of anilines is 1. The van der Waals surface area contributed by atoms with Gasteiger partial charge in [-0.3, -0.25) is 9.78 Å². The van der Waals surface area contributed by atoms with E-state index in [1.165, 1.54) is 0 Å². The number of amides is 1. The van der Waals surface area contributed by atoms with Crippen LogP contribution in [-0.4, -0.2) is 10.9 Å². The maximum absolute atomic E-state index is 11.1. The molecular formula is C11H14N2O. The Hall–Kier alpha value is -1.38. The van der Waals surface area contributed by atoms with Crippen molar-refractivity contribution >= 4 is 11.6 Å². The standard InChI is InChI=1S/C11H14N2O/c1-7(2)3-9-4-8-5-11(14)13-10(8)6-12-9/h4,6-7H,3,5H2,1-2H3,(H,13,14). The van der Waals surface area contributed by atoms with Crippen LogP contribution in [0.4, 0.5) is 5.69 Å². The summed E-state index contributed by atoms with van der Waals surface area (Å²) in [4.78, 5) is 15.4. The Morgan fingerprint density at radius 1 is 1.57 bits per heavy atom. The fourth-order valence-corrected chi connectivity index (χ4v) is 1.70. The van der Waals surface area contributed by atoms with Gasteiger partial charge in [0.2, 0.25) is 5.91 Å². The molecule has 3 nitrogen and oxygen atoms in total. The molecule has 0 aromatic carbocycles. The highest BCUT2D eigenvalue weighted by atomic mass is 16.1. The Kier molecular flexibility index (Phi) is 2.23. The fraction of sp³-hybridized carbons (Fsp3) is 0.455. The van der Waals surface area contributed by atoms with E-state index in [0.717, 1.165) is 23.4 Å². The van der Waals surface area contributed by atoms with Crippen LogP contribution in [0.25, 0.3) is 0 Å². The summed E-state index contributed by atoms with van der Waals surface area (Å²) in [5.41, 5.74) is 3.04. The average Bonchev–Trinajstić information content (AvgIpc) is 2.42. The largest absolute Gasteiger partial charge is 0.324 e. The number of hydrogen-bond donors (Lipinski definition) is 1. The molecule has 1 aliphatic heterocycles. The summed E-state index contributed by atoms with van der Waals surface area (Å²) in [5, 5.41) is 2.78. The number of carbonyl (C=O) groups excluding carboxylic acids is 1. The maximum Gasteiger partial charge on any atom is 0.228 e. The van der Waals surface area contributed by atoms with E-state index in [9.17, 15) is 4.79 Å². The molecule has 0 saturated carbocycles. The number of rotatable bonds is 2. The van der Waals surface area contributed by atoms with Crippen LogP contribution in [0.1, 0.15) is 25.1 Å². The molecule has 14 heavy (non-hydrogen) atoms. The van der Waals surface area contributed by atoms with Crippen LogP contribution in [-0.2, 0) is 17.6 Å². The van der Waals surface area contributed by atoms with E-state index >= 15 is 0 Å². The number of carbonyl (C=O) groups is 1. The van der Waals surface area contributed by atoms with Gasteiger partial charge in [0.15, 0.2) is 0 Å². The highest BCUT2D eigenvalue weighted by molar-refractivity contribution is 5.98. The van der Waals surface area contributed by atoms with Crippen molar-refractivity contribution in [1.29, 1.82) is 0 Å². The van der Waals surface area contributed by atoms with Gasteiger partial charge in [-0.05, 0) is 24.0 Å². The predicted octanol–water partition coefficient (Wildman–Crippen LogP) is 1.77. The minimum absolute atomic E-state index is 0.0727. The highest BCUT2D eigenvalue weighted by Crippen LogP contribution is 2.22. The molecule has 1 aliphatic rings. The number of nitrogens with one attached hydrogen (secondary N) is 1. The van der Waals surface area contributed by atoms with Gasteiger partial charge in [0.05, 0.1) is 18.3 Å². The van der Waals surface area contributed by atoms with E-state index in [0.29, 0.717) is 12.3 Å². The predicted molar refractivity (Wildman–Crippen MR) is 55.1 cm³/mol. The Morgan fingerprint density at radius 3 is 3.07 bits per heavy atom. The van der Waals surface area contributed by atoms with Crippen molar-refractivity contribution in [3.8, 4) is 0 Å². The number of pyridine rings is 1. The second-order valence-electron chi connectivity index (χ2n) is 4.16. The molecule has 0 saturated heterocycles. The molecule has 0 aliphatic carbocycles. The van der Waals surface area contributed by atoms with Crippen LogP contribution in [0.2, 0.25) is 0 Å². The Morgan fingerprint density at radius 2 is 2.36 bits per heavy atom. The van der Waals surface area contributed by atoms with E-state index in [2.05, 4.69) is 24.1 Å². The zero-order chi connectivity index (χ0) is 10.1. The molecule has 0 fully saturated rings. The van der Waals surface area contributed by atoms with Crippen LogP contribution in [0, 0.1) is 5.92 Å². The average molecular weight is 190 g/mol. The molecule has 0 bridgehead atoms. The van der Waals surface area contributed by atoms with Crippen molar-refractivity contribution in [3.05, 3.63) is 23.5 Å². The molecule has 1 N–H and O–H groups in total. The second kappa shape index (κ2) is 3.40. The first-order valence-electron chi connectivity index (χ1n) is 4.93. The fourth-order valence-electron chi connectivity index (χ4n) is 1.70. The Balaban J connectivity index is 2.24. The minimum Gasteiger partial charge on any atom is -0.324 e. The summed E-state index contributed by atoms with van der Waals surface area (Å²) >= 11 is 0. The molecular weight excluding hydrogens is 176 g/mol. The van der Waals surface area contributed by atoms with Gasteiger partial charge in [0, 0.05) is 5.69 Å². The van der Waals surface area contributed by atoms with Gasteiger partial charge in [-0.25, -0.2) is 0 Å². The van der Waals surface area contributed by atoms with Crippen molar-refractivity contribution in [3.63, 3.8) is 0 Å². The molecule has 3 heteroatoms. The molecule has 74 valence electrons. The molecule has 1 aromatic heterocycles. The minimum atomic E-state index is 0.0727. The normalized spacial score (nSPS) is 14.4. The van der Waals surface area contributed by atoms with Gasteiger partial charge >= 0.3 is 0 Å². The van der Waals surface area contributed by atoms with E-state index in [1.807, 2.05) is 6.07 Å². The van der Waals surface area contributed by atoms with Gasteiger partial charge in [0.25, 0.3) is 0 Å². The summed E-state index contributed by atoms with van der Waals surface area (Å²) in [7, 11) is 0. The zero-order valence-electron chi connectivity index (χ0n) is 8.50. The molecule has 1 aromatic rings. The van der Waals surface area contributed by atoms with Gasteiger partial charge < -0.3 is 5.32 Å². The first kappa shape index (κ1) is 9.19. The third-order valence-corrected chi connectivity index (χ3v) is 2.29. The third-order valence-electron chi connectivity index (χ3n) is 2.29. The topological polar surface area (TPSA) is 42.0 Å².